The molecule has 0 saturated carbocycles. The minimum Gasteiger partial charge on any atom is -0.383 e. The molecule has 3 heteroatoms. The van der Waals surface area contributed by atoms with Gasteiger partial charge in [-0.3, -0.25) is 0 Å². The summed E-state index contributed by atoms with van der Waals surface area (Å²) < 4.78 is 0. The summed E-state index contributed by atoms with van der Waals surface area (Å²) in [4.78, 5) is 6.87. The van der Waals surface area contributed by atoms with Gasteiger partial charge in [0.25, 0.3) is 0 Å². The van der Waals surface area contributed by atoms with Crippen LogP contribution in [0.1, 0.15) is 57.4 Å². The molecular weight excluding hydrogens is 246 g/mol. The van der Waals surface area contributed by atoms with Crippen molar-refractivity contribution in [2.45, 2.75) is 51.9 Å². The molecule has 112 valence electrons. The van der Waals surface area contributed by atoms with Crippen LogP contribution in [0.4, 0.5) is 5.82 Å². The Morgan fingerprint density at radius 2 is 2.00 bits per heavy atom. The SMILES string of the molecule is CC(C)[C@H](CCCN1CCCCC1)c1cccnc1N. The van der Waals surface area contributed by atoms with Crippen molar-refractivity contribution in [2.24, 2.45) is 5.92 Å². The molecule has 1 fully saturated rings. The Morgan fingerprint density at radius 3 is 2.65 bits per heavy atom. The number of nitrogens with zero attached hydrogens (tertiary/aromatic N) is 2. The Bertz CT molecular complexity index is 397. The van der Waals surface area contributed by atoms with Crippen LogP contribution in [0.25, 0.3) is 0 Å². The van der Waals surface area contributed by atoms with Gasteiger partial charge in [0.1, 0.15) is 5.82 Å². The Kier molecular flexibility index (Phi) is 5.84. The number of nitrogens with two attached hydrogens (primary N) is 1. The number of anilines is 1. The van der Waals surface area contributed by atoms with Crippen molar-refractivity contribution in [1.82, 2.24) is 9.88 Å². The zero-order valence-electron chi connectivity index (χ0n) is 13.0. The lowest BCUT2D eigenvalue weighted by Gasteiger charge is -2.28. The first-order valence-electron chi connectivity index (χ1n) is 8.11. The lowest BCUT2D eigenvalue weighted by molar-refractivity contribution is 0.221. The van der Waals surface area contributed by atoms with Gasteiger partial charge in [0.2, 0.25) is 0 Å². The molecule has 0 spiro atoms. The van der Waals surface area contributed by atoms with Crippen LogP contribution in [0.5, 0.6) is 0 Å². The Labute approximate surface area is 123 Å². The van der Waals surface area contributed by atoms with E-state index in [1.165, 1.54) is 57.3 Å². The molecule has 0 aliphatic carbocycles. The van der Waals surface area contributed by atoms with E-state index in [1.807, 2.05) is 6.07 Å². The summed E-state index contributed by atoms with van der Waals surface area (Å²) >= 11 is 0. The summed E-state index contributed by atoms with van der Waals surface area (Å²) in [5, 5.41) is 0. The van der Waals surface area contributed by atoms with Gasteiger partial charge in [-0.1, -0.05) is 26.3 Å². The Balaban J connectivity index is 1.88. The first-order valence-corrected chi connectivity index (χ1v) is 8.11. The fraction of sp³-hybridized carbons (Fsp3) is 0.706. The molecule has 20 heavy (non-hydrogen) atoms. The maximum atomic E-state index is 6.05. The van der Waals surface area contributed by atoms with E-state index in [-0.39, 0.29) is 0 Å². The minimum atomic E-state index is 0.536. The van der Waals surface area contributed by atoms with Gasteiger partial charge in [-0.05, 0) is 68.8 Å². The largest absolute Gasteiger partial charge is 0.383 e. The third kappa shape index (κ3) is 4.20. The molecule has 1 saturated heterocycles. The second kappa shape index (κ2) is 7.63. The van der Waals surface area contributed by atoms with Crippen molar-refractivity contribution >= 4 is 5.82 Å². The highest BCUT2D eigenvalue weighted by Gasteiger charge is 2.19. The van der Waals surface area contributed by atoms with Gasteiger partial charge in [-0.25, -0.2) is 4.98 Å². The molecule has 1 atom stereocenters. The number of likely N-dealkylation sites (tertiary alicyclic amines) is 1. The monoisotopic (exact) mass is 275 g/mol. The molecule has 1 aliphatic rings. The van der Waals surface area contributed by atoms with Crippen LogP contribution in [0, 0.1) is 5.92 Å². The van der Waals surface area contributed by atoms with E-state index in [1.54, 1.807) is 6.20 Å². The maximum Gasteiger partial charge on any atom is 0.126 e. The second-order valence-corrected chi connectivity index (χ2v) is 6.37. The second-order valence-electron chi connectivity index (χ2n) is 6.37. The lowest BCUT2D eigenvalue weighted by Crippen LogP contribution is -2.30. The summed E-state index contributed by atoms with van der Waals surface area (Å²) in [6.07, 6.45) is 8.43. The quantitative estimate of drug-likeness (QED) is 0.861. The first-order chi connectivity index (χ1) is 9.68. The molecular formula is C17H29N3. The lowest BCUT2D eigenvalue weighted by atomic mass is 9.85. The number of hydrogen-bond donors (Lipinski definition) is 1. The zero-order chi connectivity index (χ0) is 14.4. The van der Waals surface area contributed by atoms with Gasteiger partial charge in [0, 0.05) is 6.20 Å². The molecule has 2 heterocycles. The topological polar surface area (TPSA) is 42.2 Å². The highest BCUT2D eigenvalue weighted by Crippen LogP contribution is 2.31. The van der Waals surface area contributed by atoms with Crippen molar-refractivity contribution < 1.29 is 0 Å². The van der Waals surface area contributed by atoms with E-state index in [4.69, 9.17) is 5.73 Å². The third-order valence-corrected chi connectivity index (χ3v) is 4.51. The van der Waals surface area contributed by atoms with Crippen LogP contribution in [-0.4, -0.2) is 29.5 Å². The van der Waals surface area contributed by atoms with E-state index in [9.17, 15) is 0 Å². The molecule has 1 aromatic rings. The summed E-state index contributed by atoms with van der Waals surface area (Å²) in [6.45, 7) is 8.40. The number of rotatable bonds is 6. The van der Waals surface area contributed by atoms with Gasteiger partial charge in [0.05, 0.1) is 0 Å². The first kappa shape index (κ1) is 15.3. The predicted octanol–water partition coefficient (Wildman–Crippen LogP) is 3.67. The average Bonchev–Trinajstić information content (AvgIpc) is 2.45. The molecule has 0 bridgehead atoms. The molecule has 1 aromatic heterocycles. The summed E-state index contributed by atoms with van der Waals surface area (Å²) in [6, 6.07) is 4.15. The summed E-state index contributed by atoms with van der Waals surface area (Å²) in [5.41, 5.74) is 7.29. The standard InChI is InChI=1S/C17H29N3/c1-14(2)15(16-8-6-10-19-17(16)18)9-7-13-20-11-4-3-5-12-20/h6,8,10,14-15H,3-5,7,9,11-13H2,1-2H3,(H2,18,19)/t15-/m0/s1. The molecule has 2 N–H and O–H groups in total. The van der Waals surface area contributed by atoms with Gasteiger partial charge < -0.3 is 10.6 Å². The molecule has 1 aliphatic heterocycles. The number of pyridine rings is 1. The fourth-order valence-corrected chi connectivity index (χ4v) is 3.31. The smallest absolute Gasteiger partial charge is 0.126 e. The predicted molar refractivity (Wildman–Crippen MR) is 85.8 cm³/mol. The number of hydrogen-bond acceptors (Lipinski definition) is 3. The van der Waals surface area contributed by atoms with E-state index in [2.05, 4.69) is 29.8 Å². The van der Waals surface area contributed by atoms with Gasteiger partial charge in [-0.15, -0.1) is 0 Å². The molecule has 0 unspecified atom stereocenters. The molecule has 2 rings (SSSR count). The molecule has 3 nitrogen and oxygen atoms in total. The highest BCUT2D eigenvalue weighted by molar-refractivity contribution is 5.41. The third-order valence-electron chi connectivity index (χ3n) is 4.51. The Hall–Kier alpha value is -1.09. The summed E-state index contributed by atoms with van der Waals surface area (Å²) in [5.74, 6) is 1.86. The van der Waals surface area contributed by atoms with E-state index >= 15 is 0 Å². The van der Waals surface area contributed by atoms with E-state index in [0.29, 0.717) is 17.7 Å². The van der Waals surface area contributed by atoms with Crippen LogP contribution in [0.3, 0.4) is 0 Å². The summed E-state index contributed by atoms with van der Waals surface area (Å²) in [7, 11) is 0. The van der Waals surface area contributed by atoms with Crippen LogP contribution in [0.2, 0.25) is 0 Å². The van der Waals surface area contributed by atoms with Crippen LogP contribution in [0.15, 0.2) is 18.3 Å². The minimum absolute atomic E-state index is 0.536. The Morgan fingerprint density at radius 1 is 1.25 bits per heavy atom. The van der Waals surface area contributed by atoms with Crippen LogP contribution in [-0.2, 0) is 0 Å². The molecule has 0 aromatic carbocycles. The number of aromatic nitrogens is 1. The van der Waals surface area contributed by atoms with Crippen LogP contribution < -0.4 is 5.73 Å². The van der Waals surface area contributed by atoms with Gasteiger partial charge in [0.15, 0.2) is 0 Å². The van der Waals surface area contributed by atoms with Crippen molar-refractivity contribution in [3.05, 3.63) is 23.9 Å². The fourth-order valence-electron chi connectivity index (χ4n) is 3.31. The number of piperidine rings is 1. The molecule has 0 amide bonds. The van der Waals surface area contributed by atoms with Gasteiger partial charge in [-0.2, -0.15) is 0 Å². The van der Waals surface area contributed by atoms with Crippen LogP contribution >= 0.6 is 0 Å². The van der Waals surface area contributed by atoms with Crippen molar-refractivity contribution in [1.29, 1.82) is 0 Å². The van der Waals surface area contributed by atoms with E-state index in [0.717, 1.165) is 0 Å². The van der Waals surface area contributed by atoms with Crippen molar-refractivity contribution in [3.8, 4) is 0 Å². The van der Waals surface area contributed by atoms with Crippen molar-refractivity contribution in [2.75, 3.05) is 25.4 Å². The highest BCUT2D eigenvalue weighted by atomic mass is 15.1. The molecule has 0 radical (unpaired) electrons. The normalized spacial score (nSPS) is 18.4. The maximum absolute atomic E-state index is 6.05. The zero-order valence-corrected chi connectivity index (χ0v) is 13.0. The van der Waals surface area contributed by atoms with E-state index < -0.39 is 0 Å². The van der Waals surface area contributed by atoms with Crippen molar-refractivity contribution in [3.63, 3.8) is 0 Å². The average molecular weight is 275 g/mol. The number of nitrogen functional groups attached to an aromatic ring is 1. The van der Waals surface area contributed by atoms with Gasteiger partial charge >= 0.3 is 0 Å².